The normalized spacial score (nSPS) is 22.4. The third-order valence-corrected chi connectivity index (χ3v) is 4.52. The largest absolute Gasteiger partial charge is 0.491 e. The number of benzene rings is 1. The summed E-state index contributed by atoms with van der Waals surface area (Å²) in [6.07, 6.45) is 2.32. The molecule has 0 amide bonds. The van der Waals surface area contributed by atoms with Gasteiger partial charge in [0.2, 0.25) is 0 Å². The topological polar surface area (TPSA) is 30.5 Å². The van der Waals surface area contributed by atoms with Crippen molar-refractivity contribution >= 4 is 33.2 Å². The molecule has 1 aliphatic rings. The van der Waals surface area contributed by atoms with Crippen molar-refractivity contribution in [2.24, 2.45) is 5.92 Å². The molecule has 1 N–H and O–H groups in total. The van der Waals surface area contributed by atoms with Crippen LogP contribution in [0.5, 0.6) is 5.75 Å². The Kier molecular flexibility index (Phi) is 6.20. The van der Waals surface area contributed by atoms with Gasteiger partial charge in [-0.3, -0.25) is 0 Å². The molecule has 3 nitrogen and oxygen atoms in total. The molecule has 2 rings (SSSR count). The molecule has 1 aromatic carbocycles. The molecule has 1 saturated heterocycles. The van der Waals surface area contributed by atoms with E-state index in [2.05, 4.69) is 35.1 Å². The molecule has 2 unspecified atom stereocenters. The minimum atomic E-state index is 0.314. The van der Waals surface area contributed by atoms with E-state index in [4.69, 9.17) is 21.1 Å². The van der Waals surface area contributed by atoms with Crippen molar-refractivity contribution in [2.75, 3.05) is 18.5 Å². The number of rotatable bonds is 5. The number of halogens is 2. The number of ether oxygens (including phenoxy) is 2. The molecule has 0 aromatic heterocycles. The first-order valence-corrected chi connectivity index (χ1v) is 8.68. The zero-order chi connectivity index (χ0) is 15.4. The van der Waals surface area contributed by atoms with Crippen LogP contribution in [-0.2, 0) is 4.74 Å². The minimum Gasteiger partial charge on any atom is -0.491 e. The summed E-state index contributed by atoms with van der Waals surface area (Å²) in [6, 6.07) is 4.17. The molecule has 1 aromatic rings. The third kappa shape index (κ3) is 4.51. The van der Waals surface area contributed by atoms with Crippen LogP contribution in [0.3, 0.4) is 0 Å². The lowest BCUT2D eigenvalue weighted by Crippen LogP contribution is -2.36. The zero-order valence-electron chi connectivity index (χ0n) is 12.8. The van der Waals surface area contributed by atoms with Gasteiger partial charge < -0.3 is 14.8 Å². The standard InChI is InChI=1S/C16H23BrClNO2/c1-4-20-16-13(17)7-11(18)8-14(16)19-12-5-6-21-15(9-12)10(2)3/h7-8,10,12,15,19H,4-6,9H2,1-3H3. The van der Waals surface area contributed by atoms with Crippen LogP contribution >= 0.6 is 27.5 Å². The van der Waals surface area contributed by atoms with Gasteiger partial charge in [0.1, 0.15) is 0 Å². The summed E-state index contributed by atoms with van der Waals surface area (Å²) in [7, 11) is 0. The number of nitrogens with one attached hydrogen (secondary N) is 1. The molecule has 5 heteroatoms. The van der Waals surface area contributed by atoms with Gasteiger partial charge in [-0.15, -0.1) is 0 Å². The van der Waals surface area contributed by atoms with Gasteiger partial charge in [0.25, 0.3) is 0 Å². The molecule has 0 radical (unpaired) electrons. The van der Waals surface area contributed by atoms with E-state index in [-0.39, 0.29) is 0 Å². The van der Waals surface area contributed by atoms with Crippen molar-refractivity contribution in [3.63, 3.8) is 0 Å². The molecular formula is C16H23BrClNO2. The summed E-state index contributed by atoms with van der Waals surface area (Å²) in [4.78, 5) is 0. The van der Waals surface area contributed by atoms with Gasteiger partial charge in [-0.1, -0.05) is 25.4 Å². The van der Waals surface area contributed by atoms with Gasteiger partial charge in [0, 0.05) is 17.7 Å². The van der Waals surface area contributed by atoms with E-state index in [9.17, 15) is 0 Å². The Morgan fingerprint density at radius 2 is 2.24 bits per heavy atom. The second-order valence-corrected chi connectivity index (χ2v) is 7.01. The summed E-state index contributed by atoms with van der Waals surface area (Å²) in [5.74, 6) is 1.36. The zero-order valence-corrected chi connectivity index (χ0v) is 15.1. The van der Waals surface area contributed by atoms with Crippen molar-refractivity contribution in [1.29, 1.82) is 0 Å². The summed E-state index contributed by atoms with van der Waals surface area (Å²) >= 11 is 9.69. The summed E-state index contributed by atoms with van der Waals surface area (Å²) < 4.78 is 12.4. The molecule has 0 saturated carbocycles. The lowest BCUT2D eigenvalue weighted by atomic mass is 9.95. The first-order valence-electron chi connectivity index (χ1n) is 7.51. The predicted octanol–water partition coefficient (Wildman–Crippen LogP) is 5.12. The average molecular weight is 377 g/mol. The minimum absolute atomic E-state index is 0.314. The summed E-state index contributed by atoms with van der Waals surface area (Å²) in [6.45, 7) is 7.81. The van der Waals surface area contributed by atoms with Crippen molar-refractivity contribution in [3.05, 3.63) is 21.6 Å². The molecule has 0 bridgehead atoms. The van der Waals surface area contributed by atoms with E-state index < -0.39 is 0 Å². The maximum Gasteiger partial charge on any atom is 0.156 e. The van der Waals surface area contributed by atoms with Crippen LogP contribution in [-0.4, -0.2) is 25.4 Å². The van der Waals surface area contributed by atoms with Crippen molar-refractivity contribution in [2.45, 2.75) is 45.8 Å². The summed E-state index contributed by atoms with van der Waals surface area (Å²) in [5, 5.41) is 4.28. The molecule has 0 spiro atoms. The van der Waals surface area contributed by atoms with Gasteiger partial charge in [0.15, 0.2) is 5.75 Å². The van der Waals surface area contributed by atoms with Gasteiger partial charge in [-0.05, 0) is 53.7 Å². The van der Waals surface area contributed by atoms with E-state index in [1.165, 1.54) is 0 Å². The quantitative estimate of drug-likeness (QED) is 0.774. The van der Waals surface area contributed by atoms with E-state index >= 15 is 0 Å². The van der Waals surface area contributed by atoms with Crippen molar-refractivity contribution in [3.8, 4) is 5.75 Å². The molecule has 1 aliphatic heterocycles. The van der Waals surface area contributed by atoms with Gasteiger partial charge in [-0.2, -0.15) is 0 Å². The Balaban J connectivity index is 2.14. The molecular weight excluding hydrogens is 354 g/mol. The molecule has 2 atom stereocenters. The monoisotopic (exact) mass is 375 g/mol. The fourth-order valence-electron chi connectivity index (χ4n) is 2.60. The lowest BCUT2D eigenvalue weighted by Gasteiger charge is -2.33. The first-order chi connectivity index (χ1) is 10.0. The van der Waals surface area contributed by atoms with Crippen LogP contribution in [0, 0.1) is 5.92 Å². The van der Waals surface area contributed by atoms with Crippen LogP contribution in [0.1, 0.15) is 33.6 Å². The number of hydrogen-bond acceptors (Lipinski definition) is 3. The second kappa shape index (κ2) is 7.70. The first kappa shape index (κ1) is 16.9. The highest BCUT2D eigenvalue weighted by Gasteiger charge is 2.25. The van der Waals surface area contributed by atoms with Gasteiger partial charge in [0.05, 0.1) is 22.9 Å². The Hall–Kier alpha value is -0.450. The van der Waals surface area contributed by atoms with Crippen LogP contribution < -0.4 is 10.1 Å². The maximum atomic E-state index is 6.17. The average Bonchev–Trinajstić information content (AvgIpc) is 2.43. The molecule has 1 fully saturated rings. The van der Waals surface area contributed by atoms with Crippen molar-refractivity contribution in [1.82, 2.24) is 0 Å². The Labute approximate surface area is 140 Å². The SMILES string of the molecule is CCOc1c(Br)cc(Cl)cc1NC1CCOC(C(C)C)C1. The number of hydrogen-bond donors (Lipinski definition) is 1. The fraction of sp³-hybridized carbons (Fsp3) is 0.625. The highest BCUT2D eigenvalue weighted by Crippen LogP contribution is 2.38. The van der Waals surface area contributed by atoms with E-state index in [0.717, 1.165) is 35.4 Å². The number of anilines is 1. The van der Waals surface area contributed by atoms with E-state index in [1.807, 2.05) is 19.1 Å². The Morgan fingerprint density at radius 1 is 1.48 bits per heavy atom. The Bertz CT molecular complexity index is 482. The lowest BCUT2D eigenvalue weighted by molar-refractivity contribution is -0.0161. The Morgan fingerprint density at radius 3 is 2.90 bits per heavy atom. The van der Waals surface area contributed by atoms with Gasteiger partial charge in [-0.25, -0.2) is 0 Å². The third-order valence-electron chi connectivity index (χ3n) is 3.72. The fourth-order valence-corrected chi connectivity index (χ4v) is 3.53. The van der Waals surface area contributed by atoms with Crippen molar-refractivity contribution < 1.29 is 9.47 Å². The maximum absolute atomic E-state index is 6.17. The molecule has 21 heavy (non-hydrogen) atoms. The second-order valence-electron chi connectivity index (χ2n) is 5.72. The molecule has 118 valence electrons. The predicted molar refractivity (Wildman–Crippen MR) is 91.5 cm³/mol. The molecule has 0 aliphatic carbocycles. The van der Waals surface area contributed by atoms with Crippen LogP contribution in [0.15, 0.2) is 16.6 Å². The highest BCUT2D eigenvalue weighted by molar-refractivity contribution is 9.10. The molecule has 1 heterocycles. The highest BCUT2D eigenvalue weighted by atomic mass is 79.9. The van der Waals surface area contributed by atoms with E-state index in [1.54, 1.807) is 0 Å². The van der Waals surface area contributed by atoms with Crippen LogP contribution in [0.25, 0.3) is 0 Å². The van der Waals surface area contributed by atoms with Crippen LogP contribution in [0.2, 0.25) is 5.02 Å². The van der Waals surface area contributed by atoms with Gasteiger partial charge >= 0.3 is 0 Å². The van der Waals surface area contributed by atoms with E-state index in [0.29, 0.717) is 29.7 Å². The smallest absolute Gasteiger partial charge is 0.156 e. The van der Waals surface area contributed by atoms with Crippen LogP contribution in [0.4, 0.5) is 5.69 Å². The summed E-state index contributed by atoms with van der Waals surface area (Å²) in [5.41, 5.74) is 0.950.